The Labute approximate surface area is 151 Å². The van der Waals surface area contributed by atoms with Gasteiger partial charge in [0.05, 0.1) is 6.04 Å². The summed E-state index contributed by atoms with van der Waals surface area (Å²) in [6, 6.07) is 10.9. The normalized spacial score (nSPS) is 24.9. The van der Waals surface area contributed by atoms with E-state index in [0.717, 1.165) is 11.5 Å². The Morgan fingerprint density at radius 1 is 1.00 bits per heavy atom. The maximum atomic E-state index is 5.51. The van der Waals surface area contributed by atoms with Gasteiger partial charge in [-0.05, 0) is 66.1 Å². The van der Waals surface area contributed by atoms with Gasteiger partial charge in [-0.25, -0.2) is 0 Å². The van der Waals surface area contributed by atoms with E-state index in [2.05, 4.69) is 41.0 Å². The molecule has 1 aromatic carbocycles. The molecule has 1 atom stereocenters. The number of thiocarbonyl (C=S) groups is 1. The van der Waals surface area contributed by atoms with Gasteiger partial charge in [0.25, 0.3) is 0 Å². The molecule has 0 spiro atoms. The highest BCUT2D eigenvalue weighted by Crippen LogP contribution is 2.45. The summed E-state index contributed by atoms with van der Waals surface area (Å²) >= 11 is 9.57. The zero-order valence-electron chi connectivity index (χ0n) is 12.9. The summed E-state index contributed by atoms with van der Waals surface area (Å²) in [5.41, 5.74) is 5.60. The van der Waals surface area contributed by atoms with Gasteiger partial charge in [-0.1, -0.05) is 30.3 Å². The molecule has 4 rings (SSSR count). The Morgan fingerprint density at radius 3 is 2.57 bits per heavy atom. The van der Waals surface area contributed by atoms with Gasteiger partial charge in [0, 0.05) is 9.93 Å². The molecule has 0 saturated carbocycles. The first-order chi connectivity index (χ1) is 11.3. The highest BCUT2D eigenvalue weighted by atomic mass is 32.2. The number of hydrogen-bond donors (Lipinski definition) is 2. The van der Waals surface area contributed by atoms with Gasteiger partial charge in [0.1, 0.15) is 0 Å². The second kappa shape index (κ2) is 6.91. The maximum Gasteiger partial charge on any atom is 0.171 e. The molecule has 23 heavy (non-hydrogen) atoms. The Morgan fingerprint density at radius 2 is 1.78 bits per heavy atom. The van der Waals surface area contributed by atoms with Gasteiger partial charge < -0.3 is 10.6 Å². The smallest absolute Gasteiger partial charge is 0.171 e. The van der Waals surface area contributed by atoms with Crippen LogP contribution in [0.3, 0.4) is 0 Å². The molecule has 0 amide bonds. The molecule has 0 unspecified atom stereocenters. The SMILES string of the molecule is S=C1NC2=C(CCCC2=C2SCCCS2)[C@@H](c2ccccc2)N1. The van der Waals surface area contributed by atoms with E-state index in [1.165, 1.54) is 57.4 Å². The highest BCUT2D eigenvalue weighted by molar-refractivity contribution is 8.22. The fourth-order valence-electron chi connectivity index (χ4n) is 3.45. The van der Waals surface area contributed by atoms with Gasteiger partial charge in [-0.15, -0.1) is 23.5 Å². The van der Waals surface area contributed by atoms with Crippen LogP contribution in [0.5, 0.6) is 0 Å². The van der Waals surface area contributed by atoms with E-state index < -0.39 is 0 Å². The molecule has 1 saturated heterocycles. The Bertz CT molecular complexity index is 671. The van der Waals surface area contributed by atoms with Crippen LogP contribution < -0.4 is 10.6 Å². The summed E-state index contributed by atoms with van der Waals surface area (Å²) in [6.07, 6.45) is 4.87. The van der Waals surface area contributed by atoms with E-state index in [1.807, 2.05) is 23.5 Å². The third kappa shape index (κ3) is 3.19. The van der Waals surface area contributed by atoms with E-state index in [0.29, 0.717) is 0 Å². The molecule has 2 heterocycles. The number of benzene rings is 1. The van der Waals surface area contributed by atoms with Crippen molar-refractivity contribution in [2.75, 3.05) is 11.5 Å². The van der Waals surface area contributed by atoms with E-state index >= 15 is 0 Å². The van der Waals surface area contributed by atoms with Gasteiger partial charge in [-0.3, -0.25) is 0 Å². The monoisotopic (exact) mass is 360 g/mol. The summed E-state index contributed by atoms with van der Waals surface area (Å²) in [5.74, 6) is 2.50. The summed E-state index contributed by atoms with van der Waals surface area (Å²) in [6.45, 7) is 0. The van der Waals surface area contributed by atoms with Crippen LogP contribution in [0.2, 0.25) is 0 Å². The van der Waals surface area contributed by atoms with Crippen molar-refractivity contribution in [3.63, 3.8) is 0 Å². The van der Waals surface area contributed by atoms with Crippen LogP contribution >= 0.6 is 35.7 Å². The highest BCUT2D eigenvalue weighted by Gasteiger charge is 2.31. The molecule has 0 aromatic heterocycles. The lowest BCUT2D eigenvalue weighted by Gasteiger charge is -2.37. The Hall–Kier alpha value is -0.910. The molecule has 2 nitrogen and oxygen atoms in total. The van der Waals surface area contributed by atoms with Crippen molar-refractivity contribution in [1.82, 2.24) is 10.6 Å². The van der Waals surface area contributed by atoms with Crippen molar-refractivity contribution >= 4 is 40.9 Å². The first kappa shape index (κ1) is 15.6. The topological polar surface area (TPSA) is 24.1 Å². The van der Waals surface area contributed by atoms with Crippen molar-refractivity contribution in [2.24, 2.45) is 0 Å². The molecular weight excluding hydrogens is 340 g/mol. The summed E-state index contributed by atoms with van der Waals surface area (Å²) in [7, 11) is 0. The average molecular weight is 361 g/mol. The van der Waals surface area contributed by atoms with E-state index in [1.54, 1.807) is 0 Å². The van der Waals surface area contributed by atoms with Crippen LogP contribution in [-0.2, 0) is 0 Å². The van der Waals surface area contributed by atoms with Crippen molar-refractivity contribution in [1.29, 1.82) is 0 Å². The largest absolute Gasteiger partial charge is 0.352 e. The number of allylic oxidation sites excluding steroid dienone is 1. The second-order valence-corrected chi connectivity index (χ2v) is 8.89. The molecule has 120 valence electrons. The minimum Gasteiger partial charge on any atom is -0.352 e. The summed E-state index contributed by atoms with van der Waals surface area (Å²) in [4.78, 5) is 0. The lowest BCUT2D eigenvalue weighted by Crippen LogP contribution is -2.45. The van der Waals surface area contributed by atoms with Crippen LogP contribution in [0.1, 0.15) is 37.3 Å². The minimum atomic E-state index is 0.217. The number of nitrogens with one attached hydrogen (secondary N) is 2. The third-order valence-corrected chi connectivity index (χ3v) is 7.42. The van der Waals surface area contributed by atoms with Crippen LogP contribution in [-0.4, -0.2) is 16.6 Å². The van der Waals surface area contributed by atoms with Crippen molar-refractivity contribution in [2.45, 2.75) is 31.7 Å². The molecule has 0 radical (unpaired) electrons. The maximum absolute atomic E-state index is 5.51. The quantitative estimate of drug-likeness (QED) is 0.706. The number of hydrogen-bond acceptors (Lipinski definition) is 3. The average Bonchev–Trinajstić information content (AvgIpc) is 2.62. The standard InChI is InChI=1S/C18H20N2S3/c21-18-19-15(12-6-2-1-3-7-12)13-8-4-9-14(16(13)20-18)17-22-10-5-11-23-17/h1-3,6-7,15H,4-5,8-11H2,(H2,19,20,21)/t15-/m1/s1. The van der Waals surface area contributed by atoms with Gasteiger partial charge in [0.15, 0.2) is 5.11 Å². The summed E-state index contributed by atoms with van der Waals surface area (Å²) < 4.78 is 1.52. The number of thioether (sulfide) groups is 2. The first-order valence-electron chi connectivity index (χ1n) is 8.17. The van der Waals surface area contributed by atoms with Crippen LogP contribution in [0, 0.1) is 0 Å². The van der Waals surface area contributed by atoms with Crippen LogP contribution in [0.15, 0.2) is 51.4 Å². The predicted octanol–water partition coefficient (Wildman–Crippen LogP) is 4.73. The fourth-order valence-corrected chi connectivity index (χ4v) is 6.39. The Balaban J connectivity index is 1.78. The van der Waals surface area contributed by atoms with Crippen molar-refractivity contribution in [3.8, 4) is 0 Å². The summed E-state index contributed by atoms with van der Waals surface area (Å²) in [5, 5.41) is 7.72. The van der Waals surface area contributed by atoms with E-state index in [4.69, 9.17) is 12.2 Å². The lowest BCUT2D eigenvalue weighted by atomic mass is 9.84. The second-order valence-electron chi connectivity index (χ2n) is 6.01. The fraction of sp³-hybridized carbons (Fsp3) is 0.389. The lowest BCUT2D eigenvalue weighted by molar-refractivity contribution is 0.607. The molecule has 1 aromatic rings. The molecular formula is C18H20N2S3. The van der Waals surface area contributed by atoms with E-state index in [9.17, 15) is 0 Å². The van der Waals surface area contributed by atoms with Crippen molar-refractivity contribution in [3.05, 3.63) is 57.0 Å². The molecule has 5 heteroatoms. The molecule has 1 fully saturated rings. The van der Waals surface area contributed by atoms with Gasteiger partial charge in [0.2, 0.25) is 0 Å². The number of rotatable bonds is 1. The van der Waals surface area contributed by atoms with Gasteiger partial charge >= 0.3 is 0 Å². The third-order valence-electron chi connectivity index (χ3n) is 4.49. The molecule has 1 aliphatic carbocycles. The van der Waals surface area contributed by atoms with E-state index in [-0.39, 0.29) is 6.04 Å². The van der Waals surface area contributed by atoms with Crippen LogP contribution in [0.25, 0.3) is 0 Å². The first-order valence-corrected chi connectivity index (χ1v) is 10.6. The predicted molar refractivity (Wildman–Crippen MR) is 105 cm³/mol. The molecule has 2 N–H and O–H groups in total. The Kier molecular flexibility index (Phi) is 4.69. The van der Waals surface area contributed by atoms with Gasteiger partial charge in [-0.2, -0.15) is 0 Å². The minimum absolute atomic E-state index is 0.217. The molecule has 3 aliphatic rings. The zero-order chi connectivity index (χ0) is 15.6. The molecule has 0 bridgehead atoms. The molecule has 2 aliphatic heterocycles. The zero-order valence-corrected chi connectivity index (χ0v) is 15.4. The van der Waals surface area contributed by atoms with Crippen LogP contribution in [0.4, 0.5) is 0 Å². The van der Waals surface area contributed by atoms with Crippen molar-refractivity contribution < 1.29 is 0 Å².